The molecule has 1 N–H and O–H groups in total. The summed E-state index contributed by atoms with van der Waals surface area (Å²) in [5.41, 5.74) is 0.812. The minimum atomic E-state index is -3.45. The quantitative estimate of drug-likeness (QED) is 0.896. The summed E-state index contributed by atoms with van der Waals surface area (Å²) in [7, 11) is -3.45. The third kappa shape index (κ3) is 3.26. The van der Waals surface area contributed by atoms with Gasteiger partial charge in [0.05, 0.1) is 5.92 Å². The highest BCUT2D eigenvalue weighted by molar-refractivity contribution is 7.92. The van der Waals surface area contributed by atoms with Gasteiger partial charge in [0.25, 0.3) is 0 Å². The van der Waals surface area contributed by atoms with Crippen molar-refractivity contribution in [2.75, 3.05) is 13.1 Å². The molecule has 0 aromatic heterocycles. The first-order valence-corrected chi connectivity index (χ1v) is 7.86. The molecule has 2 rings (SSSR count). The van der Waals surface area contributed by atoms with Crippen LogP contribution >= 0.6 is 0 Å². The number of benzene rings is 1. The van der Waals surface area contributed by atoms with Crippen molar-refractivity contribution < 1.29 is 18.3 Å². The van der Waals surface area contributed by atoms with E-state index in [1.165, 1.54) is 9.71 Å². The lowest BCUT2D eigenvalue weighted by Gasteiger charge is -2.39. The van der Waals surface area contributed by atoms with Gasteiger partial charge in [-0.05, 0) is 17.6 Å². The van der Waals surface area contributed by atoms with Crippen LogP contribution in [0.25, 0.3) is 6.08 Å². The standard InChI is InChI=1S/C14H17NO4S/c1-11(14(16)17)13-9-15(10-13)20(18,19)8-7-12-5-3-2-4-6-12/h2-8,11,13H,9-10H2,1H3,(H,16,17)/b8-7+. The molecule has 1 aliphatic heterocycles. The second-order valence-electron chi connectivity index (χ2n) is 4.96. The molecule has 1 unspecified atom stereocenters. The lowest BCUT2D eigenvalue weighted by Crippen LogP contribution is -2.52. The molecule has 20 heavy (non-hydrogen) atoms. The first-order valence-electron chi connectivity index (χ1n) is 6.36. The number of nitrogens with zero attached hydrogens (tertiary/aromatic N) is 1. The summed E-state index contributed by atoms with van der Waals surface area (Å²) < 4.78 is 25.3. The monoisotopic (exact) mass is 295 g/mol. The van der Waals surface area contributed by atoms with Crippen molar-refractivity contribution in [3.05, 3.63) is 41.3 Å². The van der Waals surface area contributed by atoms with Crippen molar-refractivity contribution >= 4 is 22.1 Å². The molecule has 108 valence electrons. The number of sulfonamides is 1. The first-order chi connectivity index (χ1) is 9.40. The maximum absolute atomic E-state index is 12.0. The Morgan fingerprint density at radius 1 is 1.35 bits per heavy atom. The lowest BCUT2D eigenvalue weighted by molar-refractivity contribution is -0.144. The molecular formula is C14H17NO4S. The highest BCUT2D eigenvalue weighted by atomic mass is 32.2. The highest BCUT2D eigenvalue weighted by Crippen LogP contribution is 2.27. The van der Waals surface area contributed by atoms with Crippen LogP contribution in [0.5, 0.6) is 0 Å². The molecule has 0 amide bonds. The van der Waals surface area contributed by atoms with Crippen molar-refractivity contribution in [2.24, 2.45) is 11.8 Å². The average molecular weight is 295 g/mol. The van der Waals surface area contributed by atoms with Gasteiger partial charge in [0.1, 0.15) is 0 Å². The van der Waals surface area contributed by atoms with Crippen LogP contribution in [0.3, 0.4) is 0 Å². The molecule has 1 fully saturated rings. The Balaban J connectivity index is 1.97. The molecule has 0 saturated carbocycles. The molecule has 0 radical (unpaired) electrons. The average Bonchev–Trinajstić information content (AvgIpc) is 2.35. The number of rotatable bonds is 5. The van der Waals surface area contributed by atoms with Crippen LogP contribution in [0.2, 0.25) is 0 Å². The molecule has 1 aliphatic rings. The van der Waals surface area contributed by atoms with Crippen LogP contribution in [0.15, 0.2) is 35.7 Å². The van der Waals surface area contributed by atoms with E-state index in [0.29, 0.717) is 0 Å². The van der Waals surface area contributed by atoms with Gasteiger partial charge in [-0.2, -0.15) is 4.31 Å². The predicted octanol–water partition coefficient (Wildman–Crippen LogP) is 1.64. The van der Waals surface area contributed by atoms with E-state index in [1.54, 1.807) is 13.0 Å². The summed E-state index contributed by atoms with van der Waals surface area (Å²) in [4.78, 5) is 10.8. The van der Waals surface area contributed by atoms with E-state index in [2.05, 4.69) is 0 Å². The molecule has 1 aromatic rings. The molecule has 1 heterocycles. The fraction of sp³-hybridized carbons (Fsp3) is 0.357. The maximum atomic E-state index is 12.0. The molecule has 0 bridgehead atoms. The van der Waals surface area contributed by atoms with Gasteiger partial charge >= 0.3 is 5.97 Å². The Labute approximate surface area is 118 Å². The fourth-order valence-corrected chi connectivity index (χ4v) is 3.31. The van der Waals surface area contributed by atoms with Crippen LogP contribution in [-0.4, -0.2) is 36.9 Å². The topological polar surface area (TPSA) is 74.7 Å². The summed E-state index contributed by atoms with van der Waals surface area (Å²) >= 11 is 0. The molecular weight excluding hydrogens is 278 g/mol. The van der Waals surface area contributed by atoms with Gasteiger partial charge in [-0.3, -0.25) is 4.79 Å². The van der Waals surface area contributed by atoms with Gasteiger partial charge in [-0.1, -0.05) is 37.3 Å². The second kappa shape index (κ2) is 5.76. The Morgan fingerprint density at radius 2 is 1.95 bits per heavy atom. The van der Waals surface area contributed by atoms with E-state index in [-0.39, 0.29) is 19.0 Å². The number of carboxylic acid groups (broad SMARTS) is 1. The van der Waals surface area contributed by atoms with E-state index >= 15 is 0 Å². The van der Waals surface area contributed by atoms with Crippen molar-refractivity contribution in [1.29, 1.82) is 0 Å². The molecule has 0 aliphatic carbocycles. The Morgan fingerprint density at radius 3 is 2.50 bits per heavy atom. The fourth-order valence-electron chi connectivity index (χ4n) is 2.01. The number of aliphatic carboxylic acids is 1. The van der Waals surface area contributed by atoms with Gasteiger partial charge in [0, 0.05) is 18.5 Å². The van der Waals surface area contributed by atoms with E-state index in [0.717, 1.165) is 5.56 Å². The van der Waals surface area contributed by atoms with Crippen molar-refractivity contribution in [1.82, 2.24) is 4.31 Å². The van der Waals surface area contributed by atoms with E-state index < -0.39 is 21.9 Å². The smallest absolute Gasteiger partial charge is 0.306 e. The number of hydrogen-bond acceptors (Lipinski definition) is 3. The zero-order valence-electron chi connectivity index (χ0n) is 11.1. The van der Waals surface area contributed by atoms with Gasteiger partial charge in [0.15, 0.2) is 0 Å². The molecule has 1 aromatic carbocycles. The van der Waals surface area contributed by atoms with E-state index in [1.807, 2.05) is 30.3 Å². The third-order valence-corrected chi connectivity index (χ3v) is 5.06. The van der Waals surface area contributed by atoms with E-state index in [4.69, 9.17) is 5.11 Å². The summed E-state index contributed by atoms with van der Waals surface area (Å²) in [5, 5.41) is 10.0. The molecule has 5 nitrogen and oxygen atoms in total. The van der Waals surface area contributed by atoms with Crippen LogP contribution in [0, 0.1) is 11.8 Å². The van der Waals surface area contributed by atoms with Crippen LogP contribution in [0.1, 0.15) is 12.5 Å². The Hall–Kier alpha value is -1.66. The largest absolute Gasteiger partial charge is 0.481 e. The SMILES string of the molecule is CC(C(=O)O)C1CN(S(=O)(=O)/C=C/c2ccccc2)C1. The maximum Gasteiger partial charge on any atom is 0.306 e. The predicted molar refractivity (Wildman–Crippen MR) is 76.3 cm³/mol. The van der Waals surface area contributed by atoms with Gasteiger partial charge in [-0.25, -0.2) is 8.42 Å². The Bertz CT molecular complexity index is 603. The van der Waals surface area contributed by atoms with Crippen LogP contribution in [-0.2, 0) is 14.8 Å². The number of carbonyl (C=O) groups is 1. The molecule has 1 atom stereocenters. The highest BCUT2D eigenvalue weighted by Gasteiger charge is 2.39. The van der Waals surface area contributed by atoms with Gasteiger partial charge in [-0.15, -0.1) is 0 Å². The van der Waals surface area contributed by atoms with Gasteiger partial charge < -0.3 is 5.11 Å². The second-order valence-corrected chi connectivity index (χ2v) is 6.78. The minimum Gasteiger partial charge on any atom is -0.481 e. The van der Waals surface area contributed by atoms with Crippen molar-refractivity contribution in [2.45, 2.75) is 6.92 Å². The summed E-state index contributed by atoms with van der Waals surface area (Å²) in [6.45, 7) is 2.15. The normalized spacial score (nSPS) is 18.9. The number of carboxylic acids is 1. The molecule has 0 spiro atoms. The Kier molecular flexibility index (Phi) is 4.25. The molecule has 6 heteroatoms. The summed E-state index contributed by atoms with van der Waals surface area (Å²) in [6, 6.07) is 9.16. The van der Waals surface area contributed by atoms with Crippen LogP contribution in [0.4, 0.5) is 0 Å². The first kappa shape index (κ1) is 14.7. The zero-order valence-corrected chi connectivity index (χ0v) is 12.0. The summed E-state index contributed by atoms with van der Waals surface area (Å²) in [5.74, 6) is -1.50. The lowest BCUT2D eigenvalue weighted by atomic mass is 9.89. The van der Waals surface area contributed by atoms with Crippen molar-refractivity contribution in [3.63, 3.8) is 0 Å². The van der Waals surface area contributed by atoms with E-state index in [9.17, 15) is 13.2 Å². The van der Waals surface area contributed by atoms with Gasteiger partial charge in [0.2, 0.25) is 10.0 Å². The minimum absolute atomic E-state index is 0.104. The third-order valence-electron chi connectivity index (χ3n) is 3.56. The molecule has 1 saturated heterocycles. The number of hydrogen-bond donors (Lipinski definition) is 1. The van der Waals surface area contributed by atoms with Crippen molar-refractivity contribution in [3.8, 4) is 0 Å². The van der Waals surface area contributed by atoms with Crippen LogP contribution < -0.4 is 0 Å². The summed E-state index contributed by atoms with van der Waals surface area (Å²) in [6.07, 6.45) is 1.54. The zero-order chi connectivity index (χ0) is 14.8.